The summed E-state index contributed by atoms with van der Waals surface area (Å²) in [6.07, 6.45) is 2.28. The van der Waals surface area contributed by atoms with Gasteiger partial charge in [0.05, 0.1) is 5.41 Å². The highest BCUT2D eigenvalue weighted by Gasteiger charge is 2.43. The van der Waals surface area contributed by atoms with Crippen LogP contribution in [0.3, 0.4) is 0 Å². The summed E-state index contributed by atoms with van der Waals surface area (Å²) in [6, 6.07) is 3.68. The number of hydrogen-bond donors (Lipinski definition) is 2. The molecule has 98 valence electrons. The van der Waals surface area contributed by atoms with E-state index in [2.05, 4.69) is 5.32 Å². The molecule has 1 aliphatic rings. The van der Waals surface area contributed by atoms with Gasteiger partial charge in [-0.25, -0.2) is 8.78 Å². The maximum Gasteiger partial charge on any atom is 0.310 e. The van der Waals surface area contributed by atoms with Gasteiger partial charge in [-0.15, -0.1) is 0 Å². The first-order valence-electron chi connectivity index (χ1n) is 5.92. The molecule has 0 aromatic heterocycles. The molecule has 5 heteroatoms. The lowest BCUT2D eigenvalue weighted by molar-refractivity contribution is -0.154. The van der Waals surface area contributed by atoms with Crippen molar-refractivity contribution in [3.05, 3.63) is 35.4 Å². The summed E-state index contributed by atoms with van der Waals surface area (Å²) in [4.78, 5) is 11.1. The van der Waals surface area contributed by atoms with Gasteiger partial charge in [-0.2, -0.15) is 0 Å². The van der Waals surface area contributed by atoms with Crippen molar-refractivity contribution in [3.63, 3.8) is 0 Å². The quantitative estimate of drug-likeness (QED) is 0.848. The van der Waals surface area contributed by atoms with Crippen LogP contribution in [0.15, 0.2) is 18.2 Å². The summed E-state index contributed by atoms with van der Waals surface area (Å²) in [7, 11) is 0. The zero-order valence-corrected chi connectivity index (χ0v) is 9.88. The van der Waals surface area contributed by atoms with Crippen LogP contribution < -0.4 is 5.32 Å². The fraction of sp³-hybridized carbons (Fsp3) is 0.462. The average molecular weight is 255 g/mol. The van der Waals surface area contributed by atoms with Gasteiger partial charge in [-0.05, 0) is 30.5 Å². The Balaban J connectivity index is 1.88. The molecule has 0 atom stereocenters. The second kappa shape index (κ2) is 5.02. The van der Waals surface area contributed by atoms with Gasteiger partial charge in [-0.3, -0.25) is 4.79 Å². The molecular formula is C13H15F2NO2. The Morgan fingerprint density at radius 1 is 1.33 bits per heavy atom. The monoisotopic (exact) mass is 255 g/mol. The molecule has 2 rings (SSSR count). The van der Waals surface area contributed by atoms with Crippen molar-refractivity contribution in [2.75, 3.05) is 6.54 Å². The van der Waals surface area contributed by atoms with Crippen molar-refractivity contribution in [2.45, 2.75) is 25.8 Å². The fourth-order valence-corrected chi connectivity index (χ4v) is 2.17. The zero-order chi connectivity index (χ0) is 13.2. The molecule has 0 bridgehead atoms. The second-order valence-electron chi connectivity index (χ2n) is 4.79. The van der Waals surface area contributed by atoms with E-state index >= 15 is 0 Å². The van der Waals surface area contributed by atoms with Crippen molar-refractivity contribution in [1.82, 2.24) is 5.32 Å². The third kappa shape index (κ3) is 2.51. The highest BCUT2D eigenvalue weighted by molar-refractivity contribution is 5.76. The van der Waals surface area contributed by atoms with Crippen LogP contribution in [0.1, 0.15) is 24.8 Å². The molecule has 0 radical (unpaired) electrons. The number of nitrogens with one attached hydrogen (secondary N) is 1. The van der Waals surface area contributed by atoms with Crippen LogP contribution in [-0.2, 0) is 11.3 Å². The Kier molecular flexibility index (Phi) is 3.61. The van der Waals surface area contributed by atoms with Crippen LogP contribution in [0.5, 0.6) is 0 Å². The molecule has 1 saturated carbocycles. The Bertz CT molecular complexity index is 458. The summed E-state index contributed by atoms with van der Waals surface area (Å²) in [5.74, 6) is -2.54. The van der Waals surface area contributed by atoms with E-state index in [1.165, 1.54) is 6.07 Å². The van der Waals surface area contributed by atoms with Gasteiger partial charge in [0.2, 0.25) is 0 Å². The van der Waals surface area contributed by atoms with Crippen molar-refractivity contribution in [2.24, 2.45) is 5.41 Å². The highest BCUT2D eigenvalue weighted by Crippen LogP contribution is 2.40. The van der Waals surface area contributed by atoms with E-state index in [1.54, 1.807) is 0 Å². The number of benzene rings is 1. The van der Waals surface area contributed by atoms with Crippen molar-refractivity contribution < 1.29 is 18.7 Å². The standard InChI is InChI=1S/C13H15F2NO2/c14-10-3-2-9(6-11(10)15)7-16-8-13(12(17)18)4-1-5-13/h2-3,6,16H,1,4-5,7-8H2,(H,17,18). The molecule has 0 aliphatic heterocycles. The lowest BCUT2D eigenvalue weighted by Crippen LogP contribution is -2.45. The maximum atomic E-state index is 12.9. The first-order valence-corrected chi connectivity index (χ1v) is 5.92. The molecule has 0 unspecified atom stereocenters. The molecule has 0 amide bonds. The van der Waals surface area contributed by atoms with Crippen LogP contribution in [0.25, 0.3) is 0 Å². The SMILES string of the molecule is O=C(O)C1(CNCc2ccc(F)c(F)c2)CCC1. The number of carbonyl (C=O) groups is 1. The summed E-state index contributed by atoms with van der Waals surface area (Å²) < 4.78 is 25.7. The Morgan fingerprint density at radius 2 is 2.06 bits per heavy atom. The minimum Gasteiger partial charge on any atom is -0.481 e. The smallest absolute Gasteiger partial charge is 0.310 e. The Labute approximate surface area is 104 Å². The molecule has 0 heterocycles. The third-order valence-electron chi connectivity index (χ3n) is 3.54. The number of hydrogen-bond acceptors (Lipinski definition) is 2. The highest BCUT2D eigenvalue weighted by atomic mass is 19.2. The van der Waals surface area contributed by atoms with Crippen LogP contribution >= 0.6 is 0 Å². The average Bonchev–Trinajstić information content (AvgIpc) is 2.26. The van der Waals surface area contributed by atoms with Crippen molar-refractivity contribution in [3.8, 4) is 0 Å². The predicted molar refractivity (Wildman–Crippen MR) is 62.0 cm³/mol. The van der Waals surface area contributed by atoms with Gasteiger partial charge in [0, 0.05) is 13.1 Å². The normalized spacial score (nSPS) is 17.2. The molecule has 0 spiro atoms. The van der Waals surface area contributed by atoms with Crippen molar-refractivity contribution in [1.29, 1.82) is 0 Å². The van der Waals surface area contributed by atoms with Gasteiger partial charge < -0.3 is 10.4 Å². The van der Waals surface area contributed by atoms with Gasteiger partial charge in [0.25, 0.3) is 0 Å². The molecule has 1 aliphatic carbocycles. The Morgan fingerprint density at radius 3 is 2.56 bits per heavy atom. The molecular weight excluding hydrogens is 240 g/mol. The lowest BCUT2D eigenvalue weighted by atomic mass is 9.69. The second-order valence-corrected chi connectivity index (χ2v) is 4.79. The summed E-state index contributed by atoms with van der Waals surface area (Å²) in [5, 5.41) is 12.1. The number of rotatable bonds is 5. The van der Waals surface area contributed by atoms with E-state index in [9.17, 15) is 13.6 Å². The topological polar surface area (TPSA) is 49.3 Å². The van der Waals surface area contributed by atoms with Gasteiger partial charge in [0.15, 0.2) is 11.6 Å². The summed E-state index contributed by atoms with van der Waals surface area (Å²) in [6.45, 7) is 0.702. The first kappa shape index (κ1) is 13.0. The molecule has 1 fully saturated rings. The minimum absolute atomic E-state index is 0.340. The molecule has 0 saturated heterocycles. The summed E-state index contributed by atoms with van der Waals surface area (Å²) in [5.41, 5.74) is -0.0627. The van der Waals surface area contributed by atoms with E-state index in [-0.39, 0.29) is 0 Å². The van der Waals surface area contributed by atoms with E-state index < -0.39 is 23.0 Å². The van der Waals surface area contributed by atoms with E-state index in [4.69, 9.17) is 5.11 Å². The number of aliphatic carboxylic acids is 1. The van der Waals surface area contributed by atoms with E-state index in [1.807, 2.05) is 0 Å². The van der Waals surface area contributed by atoms with Crippen LogP contribution in [-0.4, -0.2) is 17.6 Å². The largest absolute Gasteiger partial charge is 0.481 e. The third-order valence-corrected chi connectivity index (χ3v) is 3.54. The number of carboxylic acids is 1. The fourth-order valence-electron chi connectivity index (χ4n) is 2.17. The number of halogens is 2. The maximum absolute atomic E-state index is 12.9. The van der Waals surface area contributed by atoms with Crippen LogP contribution in [0.4, 0.5) is 8.78 Å². The first-order chi connectivity index (χ1) is 8.53. The van der Waals surface area contributed by atoms with E-state index in [0.29, 0.717) is 31.5 Å². The molecule has 3 nitrogen and oxygen atoms in total. The molecule has 2 N–H and O–H groups in total. The number of carboxylic acid groups (broad SMARTS) is 1. The zero-order valence-electron chi connectivity index (χ0n) is 9.88. The van der Waals surface area contributed by atoms with Crippen LogP contribution in [0, 0.1) is 17.0 Å². The van der Waals surface area contributed by atoms with Crippen LogP contribution in [0.2, 0.25) is 0 Å². The van der Waals surface area contributed by atoms with Gasteiger partial charge in [-0.1, -0.05) is 12.5 Å². The summed E-state index contributed by atoms with van der Waals surface area (Å²) >= 11 is 0. The predicted octanol–water partition coefficient (Wildman–Crippen LogP) is 2.31. The minimum atomic E-state index is -0.883. The molecule has 1 aromatic carbocycles. The van der Waals surface area contributed by atoms with Gasteiger partial charge in [0.1, 0.15) is 0 Å². The molecule has 18 heavy (non-hydrogen) atoms. The lowest BCUT2D eigenvalue weighted by Gasteiger charge is -2.37. The molecule has 1 aromatic rings. The Hall–Kier alpha value is -1.49. The van der Waals surface area contributed by atoms with Gasteiger partial charge >= 0.3 is 5.97 Å². The van der Waals surface area contributed by atoms with E-state index in [0.717, 1.165) is 18.6 Å². The van der Waals surface area contributed by atoms with Crippen molar-refractivity contribution >= 4 is 5.97 Å².